The lowest BCUT2D eigenvalue weighted by molar-refractivity contribution is 0.284. The highest BCUT2D eigenvalue weighted by Crippen LogP contribution is 2.24. The molecule has 0 fully saturated rings. The summed E-state index contributed by atoms with van der Waals surface area (Å²) in [4.78, 5) is 0.962. The summed E-state index contributed by atoms with van der Waals surface area (Å²) in [5.74, 6) is 0. The lowest BCUT2D eigenvalue weighted by atomic mass is 10.1. The Labute approximate surface area is 76.3 Å². The Balaban J connectivity index is 2.78. The molecule has 0 amide bonds. The Morgan fingerprint density at radius 1 is 1.75 bits per heavy atom. The van der Waals surface area contributed by atoms with Gasteiger partial charge in [0.05, 0.1) is 6.61 Å². The number of aliphatic hydroxyl groups is 1. The molecular weight excluding hydrogens is 170 g/mol. The Hall–Kier alpha value is -0.640. The summed E-state index contributed by atoms with van der Waals surface area (Å²) in [7, 11) is 0. The van der Waals surface area contributed by atoms with Gasteiger partial charge in [0.1, 0.15) is 0 Å². The molecule has 1 atom stereocenters. The van der Waals surface area contributed by atoms with Gasteiger partial charge in [-0.1, -0.05) is 6.08 Å². The van der Waals surface area contributed by atoms with E-state index in [0.29, 0.717) is 0 Å². The Kier molecular flexibility index (Phi) is 3.47. The van der Waals surface area contributed by atoms with Gasteiger partial charge in [-0.05, 0) is 23.4 Å². The van der Waals surface area contributed by atoms with E-state index in [-0.39, 0.29) is 12.6 Å². The molecule has 1 heterocycles. The van der Waals surface area contributed by atoms with Crippen LogP contribution in [0.1, 0.15) is 22.9 Å². The predicted molar refractivity (Wildman–Crippen MR) is 52.0 cm³/mol. The minimum atomic E-state index is -0.0177. The van der Waals surface area contributed by atoms with Crippen molar-refractivity contribution in [3.63, 3.8) is 0 Å². The van der Waals surface area contributed by atoms with Crippen LogP contribution in [0, 0.1) is 0 Å². The third-order valence-electron chi connectivity index (χ3n) is 1.74. The molecule has 0 aliphatic heterocycles. The van der Waals surface area contributed by atoms with Crippen LogP contribution in [0.15, 0.2) is 24.1 Å². The molecule has 0 aliphatic carbocycles. The quantitative estimate of drug-likeness (QED) is 0.699. The van der Waals surface area contributed by atoms with Gasteiger partial charge in [0.15, 0.2) is 0 Å². The van der Waals surface area contributed by atoms with Crippen molar-refractivity contribution in [3.8, 4) is 0 Å². The topological polar surface area (TPSA) is 46.2 Å². The molecule has 0 spiro atoms. The number of hydrogen-bond donors (Lipinski definition) is 2. The molecule has 1 aromatic heterocycles. The summed E-state index contributed by atoms with van der Waals surface area (Å²) in [6.07, 6.45) is 2.55. The van der Waals surface area contributed by atoms with Crippen molar-refractivity contribution < 1.29 is 5.11 Å². The molecule has 2 nitrogen and oxygen atoms in total. The van der Waals surface area contributed by atoms with Crippen LogP contribution in [0.5, 0.6) is 0 Å². The van der Waals surface area contributed by atoms with Crippen molar-refractivity contribution in [3.05, 3.63) is 34.5 Å². The van der Waals surface area contributed by atoms with Crippen LogP contribution in [-0.4, -0.2) is 5.11 Å². The highest BCUT2D eigenvalue weighted by molar-refractivity contribution is 7.10. The summed E-state index contributed by atoms with van der Waals surface area (Å²) < 4.78 is 0. The molecule has 1 aromatic rings. The van der Waals surface area contributed by atoms with E-state index in [2.05, 4.69) is 6.58 Å². The van der Waals surface area contributed by atoms with Gasteiger partial charge in [0.25, 0.3) is 0 Å². The molecule has 0 saturated carbocycles. The maximum atomic E-state index is 8.95. The Bertz CT molecular complexity index is 257. The van der Waals surface area contributed by atoms with Crippen molar-refractivity contribution in [2.24, 2.45) is 5.73 Å². The van der Waals surface area contributed by atoms with Gasteiger partial charge in [-0.15, -0.1) is 17.9 Å². The highest BCUT2D eigenvalue weighted by Gasteiger charge is 2.09. The maximum Gasteiger partial charge on any atom is 0.0777 e. The van der Waals surface area contributed by atoms with E-state index >= 15 is 0 Å². The van der Waals surface area contributed by atoms with E-state index in [0.717, 1.165) is 16.9 Å². The third-order valence-corrected chi connectivity index (χ3v) is 2.67. The van der Waals surface area contributed by atoms with Crippen LogP contribution < -0.4 is 5.73 Å². The minimum absolute atomic E-state index is 0.0177. The van der Waals surface area contributed by atoms with Gasteiger partial charge in [-0.25, -0.2) is 0 Å². The summed E-state index contributed by atoms with van der Waals surface area (Å²) >= 11 is 1.54. The third kappa shape index (κ3) is 1.94. The number of hydrogen-bond acceptors (Lipinski definition) is 3. The lowest BCUT2D eigenvalue weighted by Gasteiger charge is -2.08. The predicted octanol–water partition coefficient (Wildman–Crippen LogP) is 1.82. The van der Waals surface area contributed by atoms with Crippen LogP contribution in [-0.2, 0) is 6.61 Å². The smallest absolute Gasteiger partial charge is 0.0777 e. The number of thiophene rings is 1. The fourth-order valence-corrected chi connectivity index (χ4v) is 1.92. The molecule has 12 heavy (non-hydrogen) atoms. The zero-order valence-corrected chi connectivity index (χ0v) is 7.68. The van der Waals surface area contributed by atoms with E-state index in [1.165, 1.54) is 11.3 Å². The number of nitrogens with two attached hydrogens (primary N) is 1. The van der Waals surface area contributed by atoms with E-state index in [1.807, 2.05) is 11.4 Å². The van der Waals surface area contributed by atoms with Crippen LogP contribution in [0.4, 0.5) is 0 Å². The molecule has 0 bridgehead atoms. The molecule has 3 heteroatoms. The van der Waals surface area contributed by atoms with Crippen molar-refractivity contribution >= 4 is 11.3 Å². The van der Waals surface area contributed by atoms with Gasteiger partial charge in [0.2, 0.25) is 0 Å². The molecule has 1 rings (SSSR count). The normalized spacial score (nSPS) is 12.8. The van der Waals surface area contributed by atoms with Gasteiger partial charge in [-0.2, -0.15) is 0 Å². The van der Waals surface area contributed by atoms with Crippen LogP contribution in [0.25, 0.3) is 0 Å². The summed E-state index contributed by atoms with van der Waals surface area (Å²) in [6.45, 7) is 3.71. The fraction of sp³-hybridized carbons (Fsp3) is 0.333. The first-order chi connectivity index (χ1) is 5.79. The molecular formula is C9H13NOS. The standard InChI is InChI=1S/C9H13NOS/c1-2-3-8(10)7-4-5-12-9(7)6-11/h2,4-5,8,11H,1,3,6,10H2/t8-/m0/s1. The van der Waals surface area contributed by atoms with Gasteiger partial charge >= 0.3 is 0 Å². The van der Waals surface area contributed by atoms with Crippen molar-refractivity contribution in [1.29, 1.82) is 0 Å². The first-order valence-corrected chi connectivity index (χ1v) is 4.71. The summed E-state index contributed by atoms with van der Waals surface area (Å²) in [6, 6.07) is 1.94. The van der Waals surface area contributed by atoms with Crippen molar-refractivity contribution in [1.82, 2.24) is 0 Å². The second-order valence-corrected chi connectivity index (χ2v) is 3.59. The van der Waals surface area contributed by atoms with Crippen LogP contribution in [0.3, 0.4) is 0 Å². The first-order valence-electron chi connectivity index (χ1n) is 3.83. The summed E-state index contributed by atoms with van der Waals surface area (Å²) in [5, 5.41) is 10.9. The van der Waals surface area contributed by atoms with Gasteiger partial charge in [0, 0.05) is 10.9 Å². The number of aliphatic hydroxyl groups excluding tert-OH is 1. The van der Waals surface area contributed by atoms with E-state index < -0.39 is 0 Å². The monoisotopic (exact) mass is 183 g/mol. The van der Waals surface area contributed by atoms with Crippen molar-refractivity contribution in [2.45, 2.75) is 19.1 Å². The molecule has 0 radical (unpaired) electrons. The van der Waals surface area contributed by atoms with Crippen LogP contribution >= 0.6 is 11.3 Å². The molecule has 0 aliphatic rings. The SMILES string of the molecule is C=CC[C@H](N)c1ccsc1CO. The lowest BCUT2D eigenvalue weighted by Crippen LogP contribution is -2.09. The Morgan fingerprint density at radius 2 is 2.50 bits per heavy atom. The summed E-state index contributed by atoms with van der Waals surface area (Å²) in [5.41, 5.74) is 6.89. The molecule has 0 aromatic carbocycles. The Morgan fingerprint density at radius 3 is 3.08 bits per heavy atom. The molecule has 0 saturated heterocycles. The van der Waals surface area contributed by atoms with E-state index in [9.17, 15) is 0 Å². The number of rotatable bonds is 4. The molecule has 0 unspecified atom stereocenters. The van der Waals surface area contributed by atoms with Gasteiger partial charge < -0.3 is 10.8 Å². The fourth-order valence-electron chi connectivity index (χ4n) is 1.12. The minimum Gasteiger partial charge on any atom is -0.391 e. The van der Waals surface area contributed by atoms with Crippen LogP contribution in [0.2, 0.25) is 0 Å². The maximum absolute atomic E-state index is 8.95. The first kappa shape index (κ1) is 9.45. The largest absolute Gasteiger partial charge is 0.391 e. The van der Waals surface area contributed by atoms with Crippen molar-refractivity contribution in [2.75, 3.05) is 0 Å². The van der Waals surface area contributed by atoms with Gasteiger partial charge in [-0.3, -0.25) is 0 Å². The van der Waals surface area contributed by atoms with E-state index in [1.54, 1.807) is 6.08 Å². The second kappa shape index (κ2) is 4.40. The average Bonchev–Trinajstić information content (AvgIpc) is 2.51. The molecule has 66 valence electrons. The zero-order chi connectivity index (χ0) is 8.97. The zero-order valence-electron chi connectivity index (χ0n) is 6.86. The molecule has 3 N–H and O–H groups in total. The second-order valence-electron chi connectivity index (χ2n) is 2.59. The highest BCUT2D eigenvalue weighted by atomic mass is 32.1. The van der Waals surface area contributed by atoms with E-state index in [4.69, 9.17) is 10.8 Å². The average molecular weight is 183 g/mol.